The number of hydrogen-bond acceptors (Lipinski definition) is 6. The van der Waals surface area contributed by atoms with Crippen molar-refractivity contribution in [2.24, 2.45) is 5.92 Å². The molecule has 11 heteroatoms. The SMILES string of the molecule is C[C@H](Oc1nc2c(F)c(-c3cccc(Cl)c3Cl)c(CCC#N)cc2c2c1cc(CCC(=O)N1CCC1)n2[C@H]1[C@H]2CN[C@@H]1C2)[C@@H]1CCCN1C. The second kappa shape index (κ2) is 13.0. The predicted molar refractivity (Wildman–Crippen MR) is 191 cm³/mol. The summed E-state index contributed by atoms with van der Waals surface area (Å²) in [7, 11) is 2.12. The topological polar surface area (TPSA) is 86.4 Å². The number of rotatable bonds is 10. The monoisotopic (exact) mass is 702 g/mol. The Morgan fingerprint density at radius 2 is 2.02 bits per heavy atom. The number of amides is 1. The molecule has 1 amide bonds. The van der Waals surface area contributed by atoms with Crippen LogP contribution in [0.2, 0.25) is 10.0 Å². The fourth-order valence-electron chi connectivity index (χ4n) is 8.74. The van der Waals surface area contributed by atoms with E-state index in [1.165, 1.54) is 0 Å². The van der Waals surface area contributed by atoms with Crippen LogP contribution in [-0.2, 0) is 17.6 Å². The number of benzene rings is 2. The number of nitrogens with one attached hydrogen (secondary N) is 1. The van der Waals surface area contributed by atoms with Crippen molar-refractivity contribution in [2.45, 2.75) is 82.5 Å². The molecule has 4 saturated heterocycles. The van der Waals surface area contributed by atoms with Gasteiger partial charge in [0.25, 0.3) is 0 Å². The van der Waals surface area contributed by atoms with Crippen LogP contribution in [0.3, 0.4) is 0 Å². The number of aryl methyl sites for hydroxylation is 2. The lowest BCUT2D eigenvalue weighted by molar-refractivity contribution is -0.134. The van der Waals surface area contributed by atoms with Crippen molar-refractivity contribution >= 4 is 50.9 Å². The molecule has 9 rings (SSSR count). The molecule has 4 aliphatic heterocycles. The van der Waals surface area contributed by atoms with E-state index in [9.17, 15) is 10.1 Å². The van der Waals surface area contributed by atoms with Gasteiger partial charge in [0.05, 0.1) is 33.1 Å². The second-order valence-electron chi connectivity index (χ2n) is 14.3. The molecular formula is C38H41Cl2FN6O2. The van der Waals surface area contributed by atoms with Crippen molar-refractivity contribution in [1.29, 1.82) is 5.26 Å². The Morgan fingerprint density at radius 3 is 2.69 bits per heavy atom. The number of ether oxygens (including phenoxy) is 1. The molecule has 2 aromatic heterocycles. The maximum atomic E-state index is 17.4. The molecular weight excluding hydrogens is 662 g/mol. The van der Waals surface area contributed by atoms with E-state index in [0.29, 0.717) is 64.2 Å². The van der Waals surface area contributed by atoms with Crippen LogP contribution in [0.1, 0.15) is 62.7 Å². The van der Waals surface area contributed by atoms with Crippen molar-refractivity contribution in [3.8, 4) is 23.1 Å². The Bertz CT molecular complexity index is 1990. The molecule has 0 unspecified atom stereocenters. The first-order valence-electron chi connectivity index (χ1n) is 17.6. The van der Waals surface area contributed by atoms with Crippen LogP contribution < -0.4 is 10.1 Å². The lowest BCUT2D eigenvalue weighted by Gasteiger charge is -2.38. The van der Waals surface area contributed by atoms with Gasteiger partial charge in [-0.1, -0.05) is 35.3 Å². The van der Waals surface area contributed by atoms with Crippen molar-refractivity contribution < 1.29 is 13.9 Å². The minimum atomic E-state index is -0.510. The summed E-state index contributed by atoms with van der Waals surface area (Å²) in [6.45, 7) is 5.65. The summed E-state index contributed by atoms with van der Waals surface area (Å²) in [5.41, 5.74) is 3.56. The number of likely N-dealkylation sites (tertiary alicyclic amines) is 2. The summed E-state index contributed by atoms with van der Waals surface area (Å²) in [6.07, 6.45) is 5.61. The van der Waals surface area contributed by atoms with Crippen LogP contribution in [0.15, 0.2) is 30.3 Å². The molecule has 5 aliphatic rings. The molecule has 1 saturated carbocycles. The normalized spacial score (nSPS) is 23.9. The van der Waals surface area contributed by atoms with E-state index in [-0.39, 0.29) is 41.1 Å². The fraction of sp³-hybridized carbons (Fsp3) is 0.500. The summed E-state index contributed by atoms with van der Waals surface area (Å²) in [6, 6.07) is 12.3. The highest BCUT2D eigenvalue weighted by atomic mass is 35.5. The average molecular weight is 704 g/mol. The first kappa shape index (κ1) is 32.8. The number of hydrogen-bond donors (Lipinski definition) is 1. The van der Waals surface area contributed by atoms with Gasteiger partial charge in [-0.15, -0.1) is 0 Å². The van der Waals surface area contributed by atoms with Crippen molar-refractivity contribution in [3.05, 3.63) is 57.5 Å². The Morgan fingerprint density at radius 1 is 1.18 bits per heavy atom. The van der Waals surface area contributed by atoms with Crippen molar-refractivity contribution in [2.75, 3.05) is 33.2 Å². The van der Waals surface area contributed by atoms with Gasteiger partial charge in [-0.3, -0.25) is 9.69 Å². The number of likely N-dealkylation sites (N-methyl/N-ethyl adjacent to an activating group) is 1. The molecule has 0 spiro atoms. The third kappa shape index (κ3) is 5.56. The van der Waals surface area contributed by atoms with Gasteiger partial charge in [0.1, 0.15) is 11.6 Å². The lowest BCUT2D eigenvalue weighted by Crippen LogP contribution is -2.42. The van der Waals surface area contributed by atoms with Crippen LogP contribution in [0, 0.1) is 23.1 Å². The van der Waals surface area contributed by atoms with Gasteiger partial charge in [-0.05, 0) is 88.7 Å². The Balaban J connectivity index is 1.37. The maximum Gasteiger partial charge on any atom is 0.223 e. The molecule has 2 bridgehead atoms. The van der Waals surface area contributed by atoms with E-state index in [4.69, 9.17) is 32.9 Å². The molecule has 8 nitrogen and oxygen atoms in total. The van der Waals surface area contributed by atoms with Crippen LogP contribution in [-0.4, -0.2) is 76.7 Å². The number of carbonyl (C=O) groups excluding carboxylic acids is 1. The van der Waals surface area contributed by atoms with Gasteiger partial charge in [-0.25, -0.2) is 9.37 Å². The minimum absolute atomic E-state index is 0.169. The molecule has 49 heavy (non-hydrogen) atoms. The minimum Gasteiger partial charge on any atom is -0.472 e. The largest absolute Gasteiger partial charge is 0.472 e. The summed E-state index contributed by atoms with van der Waals surface area (Å²) in [5.74, 6) is 0.499. The molecule has 5 atom stereocenters. The van der Waals surface area contributed by atoms with Gasteiger partial charge in [0.15, 0.2) is 5.82 Å². The van der Waals surface area contributed by atoms with Gasteiger partial charge in [-0.2, -0.15) is 5.26 Å². The molecule has 256 valence electrons. The standard InChI is InChI=1S/C38H41Cl2FN6O2/c1-21(30-10-5-14-45(30)2)49-38-27-19-24(11-12-31(48)46-15-6-16-46)47(36-23-18-29(36)43-20-23)37(27)26-17-22(7-4-13-42)32(34(41)35(26)44-38)25-8-3-9-28(39)33(25)40/h3,8-9,17,19,21,23,29-30,36,43H,4-7,10-12,14-16,18,20H2,1-2H3/t21-,23+,29+,30-,36-/m0/s1. The highest BCUT2D eigenvalue weighted by Crippen LogP contribution is 2.49. The van der Waals surface area contributed by atoms with E-state index >= 15 is 4.39 Å². The number of nitrogens with zero attached hydrogens (tertiary/aromatic N) is 5. The second-order valence-corrected chi connectivity index (χ2v) is 15.1. The van der Waals surface area contributed by atoms with E-state index in [0.717, 1.165) is 68.5 Å². The van der Waals surface area contributed by atoms with E-state index < -0.39 is 5.82 Å². The van der Waals surface area contributed by atoms with Crippen molar-refractivity contribution in [3.63, 3.8) is 0 Å². The number of pyridine rings is 1. The summed E-state index contributed by atoms with van der Waals surface area (Å²) < 4.78 is 26.5. The van der Waals surface area contributed by atoms with E-state index in [1.54, 1.807) is 18.2 Å². The molecule has 5 fully saturated rings. The first-order valence-corrected chi connectivity index (χ1v) is 18.4. The Hall–Kier alpha value is -3.42. The number of fused-ring (bicyclic) bond motifs is 4. The zero-order valence-corrected chi connectivity index (χ0v) is 29.5. The van der Waals surface area contributed by atoms with Crippen LogP contribution in [0.4, 0.5) is 4.39 Å². The first-order chi connectivity index (χ1) is 23.7. The highest BCUT2D eigenvalue weighted by molar-refractivity contribution is 6.43. The number of nitriles is 1. The summed E-state index contributed by atoms with van der Waals surface area (Å²) in [4.78, 5) is 22.3. The van der Waals surface area contributed by atoms with Gasteiger partial charge in [0, 0.05) is 66.8 Å². The van der Waals surface area contributed by atoms with E-state index in [1.807, 2.05) is 11.0 Å². The maximum absolute atomic E-state index is 17.4. The summed E-state index contributed by atoms with van der Waals surface area (Å²) in [5, 5.41) is 15.3. The Kier molecular flexibility index (Phi) is 8.72. The number of halogens is 3. The van der Waals surface area contributed by atoms with Crippen LogP contribution >= 0.6 is 23.2 Å². The fourth-order valence-corrected chi connectivity index (χ4v) is 9.14. The predicted octanol–water partition coefficient (Wildman–Crippen LogP) is 7.32. The van der Waals surface area contributed by atoms with Crippen LogP contribution in [0.5, 0.6) is 5.88 Å². The third-order valence-corrected chi connectivity index (χ3v) is 12.3. The van der Waals surface area contributed by atoms with Gasteiger partial charge >= 0.3 is 0 Å². The number of aromatic nitrogens is 2. The molecule has 0 radical (unpaired) electrons. The van der Waals surface area contributed by atoms with Gasteiger partial charge < -0.3 is 19.5 Å². The zero-order valence-electron chi connectivity index (χ0n) is 27.9. The molecule has 6 heterocycles. The molecule has 1 aliphatic carbocycles. The van der Waals surface area contributed by atoms with Crippen LogP contribution in [0.25, 0.3) is 32.9 Å². The van der Waals surface area contributed by atoms with Gasteiger partial charge in [0.2, 0.25) is 11.8 Å². The molecule has 4 aromatic rings. The number of carbonyl (C=O) groups is 1. The zero-order chi connectivity index (χ0) is 34.0. The average Bonchev–Trinajstić information content (AvgIpc) is 3.86. The molecule has 1 N–H and O–H groups in total. The molecule has 2 aromatic carbocycles. The van der Waals surface area contributed by atoms with Crippen molar-refractivity contribution in [1.82, 2.24) is 24.7 Å². The quantitative estimate of drug-likeness (QED) is 0.186. The summed E-state index contributed by atoms with van der Waals surface area (Å²) >= 11 is 13.2. The lowest BCUT2D eigenvalue weighted by atomic mass is 9.79. The highest BCUT2D eigenvalue weighted by Gasteiger charge is 2.49. The Labute approximate surface area is 296 Å². The van der Waals surface area contributed by atoms with E-state index in [2.05, 4.69) is 40.9 Å². The third-order valence-electron chi connectivity index (χ3n) is 11.5. The smallest absolute Gasteiger partial charge is 0.223 e.